The summed E-state index contributed by atoms with van der Waals surface area (Å²) in [6.07, 6.45) is 5.72. The van der Waals surface area contributed by atoms with Crippen molar-refractivity contribution < 1.29 is 0 Å². The zero-order valence-electron chi connectivity index (χ0n) is 12.7. The molecule has 2 aromatic carbocycles. The maximum Gasteiger partial charge on any atom is 0.0483 e. The smallest absolute Gasteiger partial charge is 0.0483 e. The number of rotatable bonds is 4. The van der Waals surface area contributed by atoms with Crippen molar-refractivity contribution in [3.05, 3.63) is 90.9 Å². The average Bonchev–Trinajstić information content (AvgIpc) is 3.01. The average molecular weight is 299 g/mol. The number of anilines is 2. The minimum Gasteiger partial charge on any atom is -0.355 e. The molecule has 112 valence electrons. The molecule has 0 amide bonds. The van der Waals surface area contributed by atoms with Crippen LogP contribution in [0.3, 0.4) is 0 Å². The van der Waals surface area contributed by atoms with Crippen molar-refractivity contribution in [2.24, 2.45) is 0 Å². The molecule has 0 bridgehead atoms. The van der Waals surface area contributed by atoms with Crippen LogP contribution in [0.4, 0.5) is 11.4 Å². The Balaban J connectivity index is 1.52. The zero-order chi connectivity index (χ0) is 15.5. The van der Waals surface area contributed by atoms with Crippen LogP contribution in [-0.4, -0.2) is 9.55 Å². The van der Waals surface area contributed by atoms with Gasteiger partial charge in [0.25, 0.3) is 0 Å². The van der Waals surface area contributed by atoms with E-state index in [-0.39, 0.29) is 0 Å². The van der Waals surface area contributed by atoms with E-state index in [0.29, 0.717) is 0 Å². The molecule has 0 unspecified atom stereocenters. The second-order valence-electron chi connectivity index (χ2n) is 5.56. The van der Waals surface area contributed by atoms with Crippen molar-refractivity contribution in [3.8, 4) is 0 Å². The van der Waals surface area contributed by atoms with Crippen molar-refractivity contribution in [2.45, 2.75) is 6.54 Å². The molecule has 3 heteroatoms. The third kappa shape index (κ3) is 2.94. The van der Waals surface area contributed by atoms with Crippen LogP contribution in [0, 0.1) is 0 Å². The zero-order valence-corrected chi connectivity index (χ0v) is 12.7. The van der Waals surface area contributed by atoms with E-state index in [9.17, 15) is 0 Å². The van der Waals surface area contributed by atoms with Crippen LogP contribution in [-0.2, 0) is 6.54 Å². The fourth-order valence-corrected chi connectivity index (χ4v) is 2.77. The number of benzene rings is 2. The number of aromatic nitrogens is 2. The Bertz CT molecular complexity index is 908. The molecule has 0 aliphatic carbocycles. The second kappa shape index (κ2) is 5.97. The van der Waals surface area contributed by atoms with Gasteiger partial charge in [0.15, 0.2) is 0 Å². The van der Waals surface area contributed by atoms with Crippen LogP contribution in [0.1, 0.15) is 5.56 Å². The number of hydrogen-bond donors (Lipinski definition) is 1. The van der Waals surface area contributed by atoms with Gasteiger partial charge >= 0.3 is 0 Å². The summed E-state index contributed by atoms with van der Waals surface area (Å²) >= 11 is 0. The predicted octanol–water partition coefficient (Wildman–Crippen LogP) is 4.83. The molecular weight excluding hydrogens is 282 g/mol. The van der Waals surface area contributed by atoms with Crippen LogP contribution in [0.25, 0.3) is 10.9 Å². The molecule has 1 N–H and O–H groups in total. The Labute approximate surface area is 135 Å². The van der Waals surface area contributed by atoms with Crippen LogP contribution < -0.4 is 5.32 Å². The summed E-state index contributed by atoms with van der Waals surface area (Å²) in [5.41, 5.74) is 4.68. The number of para-hydroxylation sites is 1. The molecule has 2 heterocycles. The summed E-state index contributed by atoms with van der Waals surface area (Å²) in [6, 6.07) is 23.1. The van der Waals surface area contributed by atoms with E-state index in [1.807, 2.05) is 12.1 Å². The monoisotopic (exact) mass is 299 g/mol. The highest BCUT2D eigenvalue weighted by Gasteiger charge is 2.01. The number of nitrogens with zero attached hydrogens (tertiary/aromatic N) is 2. The van der Waals surface area contributed by atoms with Gasteiger partial charge < -0.3 is 9.88 Å². The standard InChI is InChI=1S/C20H17N3/c1-2-4-20-17(3-1)11-14-23(20)15-16-5-7-18(8-6-16)22-19-9-12-21-13-10-19/h1-14H,15H2,(H,21,22). The molecule has 0 atom stereocenters. The van der Waals surface area contributed by atoms with Crippen molar-refractivity contribution in [1.29, 1.82) is 0 Å². The topological polar surface area (TPSA) is 29.9 Å². The van der Waals surface area contributed by atoms with Gasteiger partial charge in [0.05, 0.1) is 0 Å². The largest absolute Gasteiger partial charge is 0.355 e. The van der Waals surface area contributed by atoms with Crippen molar-refractivity contribution >= 4 is 22.3 Å². The van der Waals surface area contributed by atoms with E-state index >= 15 is 0 Å². The summed E-state index contributed by atoms with van der Waals surface area (Å²) in [4.78, 5) is 4.02. The Hall–Kier alpha value is -3.07. The van der Waals surface area contributed by atoms with Crippen molar-refractivity contribution in [1.82, 2.24) is 9.55 Å². The summed E-state index contributed by atoms with van der Waals surface area (Å²) < 4.78 is 2.28. The molecule has 0 spiro atoms. The fraction of sp³-hybridized carbons (Fsp3) is 0.0500. The highest BCUT2D eigenvalue weighted by atomic mass is 14.9. The Kier molecular flexibility index (Phi) is 3.53. The summed E-state index contributed by atoms with van der Waals surface area (Å²) in [5.74, 6) is 0. The van der Waals surface area contributed by atoms with Crippen LogP contribution in [0.5, 0.6) is 0 Å². The molecule has 0 aliphatic rings. The highest BCUT2D eigenvalue weighted by Crippen LogP contribution is 2.19. The first-order valence-electron chi connectivity index (χ1n) is 7.68. The summed E-state index contributed by atoms with van der Waals surface area (Å²) in [5, 5.41) is 4.65. The molecule has 3 nitrogen and oxygen atoms in total. The lowest BCUT2D eigenvalue weighted by molar-refractivity contribution is 0.837. The van der Waals surface area contributed by atoms with Gasteiger partial charge in [-0.3, -0.25) is 4.98 Å². The van der Waals surface area contributed by atoms with E-state index in [4.69, 9.17) is 0 Å². The van der Waals surface area contributed by atoms with Crippen LogP contribution >= 0.6 is 0 Å². The first kappa shape index (κ1) is 13.6. The van der Waals surface area contributed by atoms with Gasteiger partial charge in [0.1, 0.15) is 0 Å². The number of nitrogens with one attached hydrogen (secondary N) is 1. The quantitative estimate of drug-likeness (QED) is 0.585. The SMILES string of the molecule is c1ccc2c(c1)ccn2Cc1ccc(Nc2ccncc2)cc1. The van der Waals surface area contributed by atoms with Gasteiger partial charge in [-0.2, -0.15) is 0 Å². The Morgan fingerprint density at radius 3 is 2.35 bits per heavy atom. The third-order valence-corrected chi connectivity index (χ3v) is 3.96. The lowest BCUT2D eigenvalue weighted by atomic mass is 10.2. The molecule has 23 heavy (non-hydrogen) atoms. The van der Waals surface area contributed by atoms with Crippen molar-refractivity contribution in [2.75, 3.05) is 5.32 Å². The van der Waals surface area contributed by atoms with E-state index in [0.717, 1.165) is 17.9 Å². The van der Waals surface area contributed by atoms with E-state index in [2.05, 4.69) is 75.7 Å². The highest BCUT2D eigenvalue weighted by molar-refractivity contribution is 5.80. The first-order chi connectivity index (χ1) is 11.4. The number of pyridine rings is 1. The lowest BCUT2D eigenvalue weighted by Crippen LogP contribution is -1.98. The van der Waals surface area contributed by atoms with Gasteiger partial charge in [-0.25, -0.2) is 0 Å². The number of hydrogen-bond acceptors (Lipinski definition) is 2. The van der Waals surface area contributed by atoms with E-state index in [1.54, 1.807) is 12.4 Å². The third-order valence-electron chi connectivity index (χ3n) is 3.96. The summed E-state index contributed by atoms with van der Waals surface area (Å²) in [6.45, 7) is 0.878. The van der Waals surface area contributed by atoms with Crippen molar-refractivity contribution in [3.63, 3.8) is 0 Å². The van der Waals surface area contributed by atoms with E-state index < -0.39 is 0 Å². The second-order valence-corrected chi connectivity index (χ2v) is 5.56. The van der Waals surface area contributed by atoms with E-state index in [1.165, 1.54) is 16.5 Å². The molecule has 0 aliphatic heterocycles. The molecule has 2 aromatic heterocycles. The van der Waals surface area contributed by atoms with Gasteiger partial charge in [-0.05, 0) is 47.3 Å². The molecule has 4 rings (SSSR count). The van der Waals surface area contributed by atoms with Gasteiger partial charge in [0, 0.05) is 42.0 Å². The molecule has 0 saturated heterocycles. The number of fused-ring (bicyclic) bond motifs is 1. The van der Waals surface area contributed by atoms with Gasteiger partial charge in [-0.1, -0.05) is 30.3 Å². The Morgan fingerprint density at radius 1 is 0.783 bits per heavy atom. The molecule has 0 saturated carbocycles. The molecule has 4 aromatic rings. The molecule has 0 fully saturated rings. The minimum atomic E-state index is 0.878. The minimum absolute atomic E-state index is 0.878. The first-order valence-corrected chi connectivity index (χ1v) is 7.68. The predicted molar refractivity (Wildman–Crippen MR) is 95.0 cm³/mol. The summed E-state index contributed by atoms with van der Waals surface area (Å²) in [7, 11) is 0. The molecule has 0 radical (unpaired) electrons. The Morgan fingerprint density at radius 2 is 1.52 bits per heavy atom. The maximum atomic E-state index is 4.02. The normalized spacial score (nSPS) is 10.8. The van der Waals surface area contributed by atoms with Crippen LogP contribution in [0.2, 0.25) is 0 Å². The fourth-order valence-electron chi connectivity index (χ4n) is 2.77. The van der Waals surface area contributed by atoms with Gasteiger partial charge in [0.2, 0.25) is 0 Å². The molecular formula is C20H17N3. The van der Waals surface area contributed by atoms with Gasteiger partial charge in [-0.15, -0.1) is 0 Å². The lowest BCUT2D eigenvalue weighted by Gasteiger charge is -2.09. The van der Waals surface area contributed by atoms with Crippen LogP contribution in [0.15, 0.2) is 85.3 Å². The maximum absolute atomic E-state index is 4.02.